The van der Waals surface area contributed by atoms with Gasteiger partial charge in [0.2, 0.25) is 5.78 Å². The number of nitrogens with zero attached hydrogens (tertiary/aromatic N) is 5. The minimum Gasteiger partial charge on any atom is -0.475 e. The summed E-state index contributed by atoms with van der Waals surface area (Å²) in [4.78, 5) is 64.6. The number of Topliss-reactive ketones (excluding diaryl/α,β-unsaturated/α-hetero) is 1. The lowest BCUT2D eigenvalue weighted by molar-refractivity contribution is -0.148. The lowest BCUT2D eigenvalue weighted by atomic mass is 9.89. The summed E-state index contributed by atoms with van der Waals surface area (Å²) in [5, 5.41) is 12.1. The van der Waals surface area contributed by atoms with Crippen LogP contribution in [-0.2, 0) is 43.2 Å². The number of anilines is 3. The summed E-state index contributed by atoms with van der Waals surface area (Å²) in [5.74, 6) is -2.31. The van der Waals surface area contributed by atoms with Crippen LogP contribution in [0.15, 0.2) is 42.7 Å². The van der Waals surface area contributed by atoms with Crippen LogP contribution in [0.25, 0.3) is 10.2 Å². The highest BCUT2D eigenvalue weighted by Gasteiger charge is 2.35. The highest BCUT2D eigenvalue weighted by Crippen LogP contribution is 2.37. The molecule has 0 radical (unpaired) electrons. The van der Waals surface area contributed by atoms with E-state index in [1.807, 2.05) is 13.8 Å². The molecule has 15 heteroatoms. The van der Waals surface area contributed by atoms with Gasteiger partial charge < -0.3 is 36.4 Å². The monoisotopic (exact) mass is 730 g/mol. The van der Waals surface area contributed by atoms with Gasteiger partial charge in [-0.2, -0.15) is 0 Å². The molecule has 276 valence electrons. The first-order valence-electron chi connectivity index (χ1n) is 17.4. The summed E-state index contributed by atoms with van der Waals surface area (Å²) in [6, 6.07) is 9.50. The maximum atomic E-state index is 13.4. The number of pyridine rings is 2. The van der Waals surface area contributed by atoms with Crippen LogP contribution in [0.4, 0.5) is 17.3 Å². The number of ketones is 1. The Hall–Kier alpha value is -4.99. The van der Waals surface area contributed by atoms with E-state index < -0.39 is 23.6 Å². The molecule has 6 N–H and O–H groups in total. The van der Waals surface area contributed by atoms with Crippen molar-refractivity contribution in [3.8, 4) is 0 Å². The van der Waals surface area contributed by atoms with Gasteiger partial charge in [0.25, 0.3) is 0 Å². The van der Waals surface area contributed by atoms with Crippen LogP contribution in [0.2, 0.25) is 0 Å². The summed E-state index contributed by atoms with van der Waals surface area (Å²) in [6.45, 7) is 8.98. The average molecular weight is 731 g/mol. The van der Waals surface area contributed by atoms with Crippen LogP contribution < -0.4 is 16.8 Å². The number of carboxylic acids is 1. The molecule has 2 fully saturated rings. The molecule has 3 aromatic heterocycles. The number of nitrogens with one attached hydrogen (secondary N) is 1. The highest BCUT2D eigenvalue weighted by atomic mass is 32.1. The fourth-order valence-corrected chi connectivity index (χ4v) is 7.35. The van der Waals surface area contributed by atoms with Gasteiger partial charge in [-0.25, -0.2) is 19.7 Å². The van der Waals surface area contributed by atoms with Gasteiger partial charge >= 0.3 is 17.8 Å². The van der Waals surface area contributed by atoms with E-state index in [0.29, 0.717) is 54.8 Å². The van der Waals surface area contributed by atoms with Crippen molar-refractivity contribution in [2.45, 2.75) is 65.0 Å². The second-order valence-electron chi connectivity index (χ2n) is 13.3. The van der Waals surface area contributed by atoms with Crippen LogP contribution in [-0.4, -0.2) is 86.7 Å². The largest absolute Gasteiger partial charge is 0.475 e. The van der Waals surface area contributed by atoms with Crippen molar-refractivity contribution in [1.29, 1.82) is 0 Å². The summed E-state index contributed by atoms with van der Waals surface area (Å²) in [6.07, 6.45) is 5.92. The predicted octanol–water partition coefficient (Wildman–Crippen LogP) is 4.20. The number of aryl methyl sites for hydroxylation is 2. The third-order valence-electron chi connectivity index (χ3n) is 9.31. The van der Waals surface area contributed by atoms with Gasteiger partial charge in [-0.15, -0.1) is 11.3 Å². The SMILES string of the molecule is CCc1cc(CC(=O)C(=O)O)cnc1N.CCc1cc(NC(=O)C(=O)N2CC(C)CC[C@@H]2c2ccc3sc(C4CN(C)CCO4)nc3c2)cnc1N. The number of benzene rings is 1. The van der Waals surface area contributed by atoms with E-state index in [2.05, 4.69) is 52.4 Å². The molecule has 0 saturated carbocycles. The summed E-state index contributed by atoms with van der Waals surface area (Å²) >= 11 is 1.66. The number of thiazole rings is 1. The summed E-state index contributed by atoms with van der Waals surface area (Å²) < 4.78 is 7.06. The molecule has 0 bridgehead atoms. The maximum Gasteiger partial charge on any atom is 0.372 e. The van der Waals surface area contributed by atoms with Crippen LogP contribution >= 0.6 is 11.3 Å². The molecule has 2 aliphatic heterocycles. The number of carbonyl (C=O) groups excluding carboxylic acids is 3. The number of amides is 2. The number of hydrogen-bond acceptors (Lipinski definition) is 12. The topological polar surface area (TPSA) is 207 Å². The minimum atomic E-state index is -1.43. The molecule has 2 unspecified atom stereocenters. The molecule has 2 saturated heterocycles. The number of aliphatic carboxylic acids is 1. The van der Waals surface area contributed by atoms with Crippen molar-refractivity contribution >= 4 is 62.4 Å². The Morgan fingerprint density at radius 3 is 2.40 bits per heavy atom. The van der Waals surface area contributed by atoms with Crippen molar-refractivity contribution in [2.75, 3.05) is 50.1 Å². The van der Waals surface area contributed by atoms with E-state index in [0.717, 1.165) is 57.8 Å². The van der Waals surface area contributed by atoms with E-state index >= 15 is 0 Å². The maximum absolute atomic E-state index is 13.4. The fraction of sp³-hybridized carbons (Fsp3) is 0.432. The zero-order valence-corrected chi connectivity index (χ0v) is 30.7. The number of piperidine rings is 1. The molecule has 3 atom stereocenters. The van der Waals surface area contributed by atoms with E-state index in [4.69, 9.17) is 26.3 Å². The molecular weight excluding hydrogens is 685 g/mol. The third kappa shape index (κ3) is 9.26. The molecule has 0 spiro atoms. The summed E-state index contributed by atoms with van der Waals surface area (Å²) in [7, 11) is 2.10. The lowest BCUT2D eigenvalue weighted by Gasteiger charge is -2.38. The van der Waals surface area contributed by atoms with E-state index in [9.17, 15) is 19.2 Å². The highest BCUT2D eigenvalue weighted by molar-refractivity contribution is 7.18. The summed E-state index contributed by atoms with van der Waals surface area (Å²) in [5.41, 5.74) is 16.1. The van der Waals surface area contributed by atoms with E-state index in [1.54, 1.807) is 28.4 Å². The number of nitrogen functional groups attached to an aromatic ring is 2. The van der Waals surface area contributed by atoms with Crippen molar-refractivity contribution in [3.63, 3.8) is 0 Å². The molecule has 2 aliphatic rings. The molecule has 5 heterocycles. The van der Waals surface area contributed by atoms with Crippen molar-refractivity contribution < 1.29 is 29.0 Å². The Kier molecular flexibility index (Phi) is 12.5. The number of ether oxygens (including phenoxy) is 1. The number of nitrogens with two attached hydrogens (primary N) is 2. The first-order chi connectivity index (χ1) is 24.9. The molecular formula is C37H46N8O6S. The molecule has 1 aromatic carbocycles. The van der Waals surface area contributed by atoms with Crippen molar-refractivity contribution in [1.82, 2.24) is 24.8 Å². The zero-order valence-electron chi connectivity index (χ0n) is 29.9. The number of morpholine rings is 1. The molecule has 14 nitrogen and oxygen atoms in total. The van der Waals surface area contributed by atoms with Gasteiger partial charge in [-0.3, -0.25) is 14.4 Å². The quantitative estimate of drug-likeness (QED) is 0.188. The molecule has 0 aliphatic carbocycles. The number of carboxylic acid groups (broad SMARTS) is 1. The van der Waals surface area contributed by atoms with Crippen LogP contribution in [0.5, 0.6) is 0 Å². The van der Waals surface area contributed by atoms with Crippen LogP contribution in [0, 0.1) is 5.92 Å². The number of aromatic nitrogens is 3. The number of fused-ring (bicyclic) bond motifs is 1. The number of likely N-dealkylation sites (N-methyl/N-ethyl adjacent to an activating group) is 1. The Morgan fingerprint density at radius 2 is 1.71 bits per heavy atom. The second kappa shape index (κ2) is 17.0. The van der Waals surface area contributed by atoms with Gasteiger partial charge in [0, 0.05) is 32.3 Å². The van der Waals surface area contributed by atoms with Gasteiger partial charge in [-0.1, -0.05) is 32.9 Å². The first-order valence-corrected chi connectivity index (χ1v) is 18.2. The Morgan fingerprint density at radius 1 is 1.00 bits per heavy atom. The fourth-order valence-electron chi connectivity index (χ4n) is 6.36. The molecule has 4 aromatic rings. The Bertz CT molecular complexity index is 1950. The standard InChI is InChI=1S/C27H34N6O3S.C10H12N2O3/c1-4-17-11-19(13-29-24(17)28)30-25(34)27(35)33-14-16(2)5-7-21(33)18-6-8-23-20(12-18)31-26(37-23)22-15-32(3)9-10-36-22;1-2-7-3-6(5-12-9(7)11)4-8(13)10(14)15/h6,8,11-13,16,21-22H,4-5,7,9-10,14-15H2,1-3H3,(H2,28,29)(H,30,34);3,5H,2,4H2,1H3,(H2,11,12)(H,14,15)/t16?,21-,22?;/m1./s1. The van der Waals surface area contributed by atoms with Crippen LogP contribution in [0.1, 0.15) is 73.0 Å². The smallest absolute Gasteiger partial charge is 0.372 e. The number of likely N-dealkylation sites (tertiary alicyclic amines) is 1. The van der Waals surface area contributed by atoms with E-state index in [-0.39, 0.29) is 18.6 Å². The third-order valence-corrected chi connectivity index (χ3v) is 10.4. The van der Waals surface area contributed by atoms with Gasteiger partial charge in [-0.05, 0) is 79.1 Å². The number of hydrogen-bond donors (Lipinski definition) is 4. The van der Waals surface area contributed by atoms with Crippen molar-refractivity contribution in [2.24, 2.45) is 5.92 Å². The Balaban J connectivity index is 0.000000293. The molecule has 6 rings (SSSR count). The van der Waals surface area contributed by atoms with Gasteiger partial charge in [0.15, 0.2) is 0 Å². The first kappa shape index (κ1) is 38.2. The zero-order chi connectivity index (χ0) is 37.5. The lowest BCUT2D eigenvalue weighted by Crippen LogP contribution is -2.46. The normalized spacial score (nSPS) is 19.1. The second-order valence-corrected chi connectivity index (χ2v) is 14.3. The molecule has 52 heavy (non-hydrogen) atoms. The predicted molar refractivity (Wildman–Crippen MR) is 200 cm³/mol. The van der Waals surface area contributed by atoms with Crippen LogP contribution in [0.3, 0.4) is 0 Å². The molecule has 2 amide bonds. The van der Waals surface area contributed by atoms with E-state index in [1.165, 1.54) is 12.4 Å². The number of rotatable bonds is 8. The van der Waals surface area contributed by atoms with Crippen molar-refractivity contribution in [3.05, 3.63) is 70.0 Å². The Labute approximate surface area is 306 Å². The average Bonchev–Trinajstić information content (AvgIpc) is 3.57. The minimum absolute atomic E-state index is 0.0204. The van der Waals surface area contributed by atoms with Gasteiger partial charge in [0.05, 0.1) is 34.7 Å². The van der Waals surface area contributed by atoms with Gasteiger partial charge in [0.1, 0.15) is 22.7 Å². The number of carbonyl (C=O) groups is 4.